The number of nitrogens with one attached hydrogen (secondary N) is 3. The average molecular weight is 417 g/mol. The van der Waals surface area contributed by atoms with E-state index in [9.17, 15) is 9.59 Å². The molecule has 0 aliphatic carbocycles. The number of H-pyrrole nitrogens is 1. The number of carbonyl (C=O) groups excluding carboxylic acids is 2. The molecule has 2 aliphatic rings. The van der Waals surface area contributed by atoms with E-state index >= 15 is 0 Å². The number of aryl methyl sites for hydroxylation is 1. The summed E-state index contributed by atoms with van der Waals surface area (Å²) in [5, 5.41) is 10.3. The van der Waals surface area contributed by atoms with Gasteiger partial charge >= 0.3 is 0 Å². The van der Waals surface area contributed by atoms with Gasteiger partial charge in [0.15, 0.2) is 0 Å². The van der Waals surface area contributed by atoms with Crippen LogP contribution in [0.4, 0.5) is 5.69 Å². The molecule has 0 fully saturated rings. The second-order valence-electron chi connectivity index (χ2n) is 7.89. The van der Waals surface area contributed by atoms with Crippen molar-refractivity contribution in [3.63, 3.8) is 0 Å². The number of rotatable bonds is 0. The Bertz CT molecular complexity index is 1220. The monoisotopic (exact) mass is 417 g/mol. The maximum atomic E-state index is 12.7. The third kappa shape index (κ3) is 3.44. The van der Waals surface area contributed by atoms with Gasteiger partial charge in [-0.15, -0.1) is 0 Å². The molecule has 8 nitrogen and oxygen atoms in total. The molecule has 0 radical (unpaired) electrons. The number of benzene rings is 1. The van der Waals surface area contributed by atoms with Crippen LogP contribution >= 0.6 is 0 Å². The molecule has 2 aromatic heterocycles. The maximum Gasteiger partial charge on any atom is 0.256 e. The Kier molecular flexibility index (Phi) is 4.71. The minimum absolute atomic E-state index is 0.00978. The van der Waals surface area contributed by atoms with Crippen LogP contribution in [-0.4, -0.2) is 46.3 Å². The van der Waals surface area contributed by atoms with E-state index in [0.717, 1.165) is 28.2 Å². The number of carbonyl (C=O) groups is 2. The van der Waals surface area contributed by atoms with Gasteiger partial charge in [0.25, 0.3) is 11.8 Å². The molecule has 4 heterocycles. The first-order valence-electron chi connectivity index (χ1n) is 10.3. The molecule has 2 amide bonds. The van der Waals surface area contributed by atoms with E-state index in [4.69, 9.17) is 4.74 Å². The van der Waals surface area contributed by atoms with Crippen LogP contribution in [0.15, 0.2) is 36.5 Å². The summed E-state index contributed by atoms with van der Waals surface area (Å²) >= 11 is 0. The summed E-state index contributed by atoms with van der Waals surface area (Å²) in [5.41, 5.74) is 5.92. The van der Waals surface area contributed by atoms with E-state index in [2.05, 4.69) is 20.7 Å². The number of anilines is 1. The van der Waals surface area contributed by atoms with E-state index in [0.29, 0.717) is 36.6 Å². The Morgan fingerprint density at radius 2 is 2.00 bits per heavy atom. The molecule has 0 saturated heterocycles. The first-order chi connectivity index (χ1) is 15.0. The topological polar surface area (TPSA) is 101 Å². The molecule has 5 rings (SSSR count). The zero-order chi connectivity index (χ0) is 21.5. The lowest BCUT2D eigenvalue weighted by molar-refractivity contribution is -0.110. The molecule has 31 heavy (non-hydrogen) atoms. The minimum atomic E-state index is -0.207. The van der Waals surface area contributed by atoms with Crippen LogP contribution in [0.1, 0.15) is 40.3 Å². The fourth-order valence-electron chi connectivity index (χ4n) is 4.10. The number of nitrogens with zero attached hydrogens (tertiary/aromatic N) is 2. The maximum absolute atomic E-state index is 12.7. The summed E-state index contributed by atoms with van der Waals surface area (Å²) in [6.45, 7) is 5.18. The fraction of sp³-hybridized carbons (Fsp3) is 0.261. The van der Waals surface area contributed by atoms with Gasteiger partial charge in [0.2, 0.25) is 0 Å². The van der Waals surface area contributed by atoms with Crippen molar-refractivity contribution >= 4 is 29.2 Å². The number of fused-ring (bicyclic) bond motifs is 4. The predicted molar refractivity (Wildman–Crippen MR) is 118 cm³/mol. The summed E-state index contributed by atoms with van der Waals surface area (Å²) < 4.78 is 7.70. The number of amides is 2. The SMILES string of the molecule is Cc1cc2c([nH]1)/C=C1\C(=O)Nc3ccc(cc31)-c1ccnn1C(C)COCCNC2=O. The van der Waals surface area contributed by atoms with E-state index in [1.165, 1.54) is 0 Å². The van der Waals surface area contributed by atoms with Crippen molar-refractivity contribution in [3.8, 4) is 11.3 Å². The van der Waals surface area contributed by atoms with Crippen LogP contribution in [0.5, 0.6) is 0 Å². The lowest BCUT2D eigenvalue weighted by Gasteiger charge is -2.17. The van der Waals surface area contributed by atoms with Gasteiger partial charge in [-0.3, -0.25) is 14.3 Å². The second kappa shape index (κ2) is 7.55. The Hall–Kier alpha value is -3.65. The molecular formula is C23H23N5O3. The highest BCUT2D eigenvalue weighted by Crippen LogP contribution is 2.37. The van der Waals surface area contributed by atoms with Gasteiger partial charge in [-0.25, -0.2) is 0 Å². The minimum Gasteiger partial charge on any atom is -0.377 e. The van der Waals surface area contributed by atoms with E-state index < -0.39 is 0 Å². The van der Waals surface area contributed by atoms with Crippen LogP contribution in [-0.2, 0) is 9.53 Å². The summed E-state index contributed by atoms with van der Waals surface area (Å²) in [7, 11) is 0. The normalized spacial score (nSPS) is 20.3. The third-order valence-electron chi connectivity index (χ3n) is 5.59. The average Bonchev–Trinajstić information content (AvgIpc) is 3.44. The van der Waals surface area contributed by atoms with Crippen LogP contribution in [0.25, 0.3) is 22.9 Å². The van der Waals surface area contributed by atoms with Crippen LogP contribution in [0.3, 0.4) is 0 Å². The highest BCUT2D eigenvalue weighted by molar-refractivity contribution is 6.35. The van der Waals surface area contributed by atoms with Crippen molar-refractivity contribution in [1.82, 2.24) is 20.1 Å². The third-order valence-corrected chi connectivity index (χ3v) is 5.59. The molecular weight excluding hydrogens is 394 g/mol. The van der Waals surface area contributed by atoms with Gasteiger partial charge in [0.1, 0.15) is 0 Å². The van der Waals surface area contributed by atoms with Gasteiger partial charge < -0.3 is 20.4 Å². The van der Waals surface area contributed by atoms with Gasteiger partial charge in [0, 0.05) is 35.2 Å². The Morgan fingerprint density at radius 3 is 2.87 bits per heavy atom. The van der Waals surface area contributed by atoms with Crippen molar-refractivity contribution in [2.24, 2.45) is 0 Å². The quantitative estimate of drug-likeness (QED) is 0.523. The number of aromatic amines is 1. The van der Waals surface area contributed by atoms with E-state index in [-0.39, 0.29) is 17.9 Å². The summed E-state index contributed by atoms with van der Waals surface area (Å²) in [6, 6.07) is 9.62. The largest absolute Gasteiger partial charge is 0.377 e. The van der Waals surface area contributed by atoms with Crippen molar-refractivity contribution in [2.45, 2.75) is 19.9 Å². The molecule has 1 unspecified atom stereocenters. The first-order valence-corrected chi connectivity index (χ1v) is 10.3. The molecule has 0 spiro atoms. The van der Waals surface area contributed by atoms with E-state index in [1.807, 2.05) is 42.8 Å². The molecule has 3 N–H and O–H groups in total. The van der Waals surface area contributed by atoms with Gasteiger partial charge in [-0.05, 0) is 44.2 Å². The molecule has 1 atom stereocenters. The predicted octanol–water partition coefficient (Wildman–Crippen LogP) is 3.00. The molecule has 2 bridgehead atoms. The van der Waals surface area contributed by atoms with Crippen LogP contribution in [0.2, 0.25) is 0 Å². The zero-order valence-electron chi connectivity index (χ0n) is 17.4. The van der Waals surface area contributed by atoms with E-state index in [1.54, 1.807) is 18.3 Å². The Labute approximate surface area is 179 Å². The Morgan fingerprint density at radius 1 is 1.13 bits per heavy atom. The van der Waals surface area contributed by atoms with Gasteiger partial charge in [0.05, 0.1) is 41.8 Å². The molecule has 158 valence electrons. The van der Waals surface area contributed by atoms with Crippen molar-refractivity contribution < 1.29 is 14.3 Å². The molecule has 8 heteroatoms. The lowest BCUT2D eigenvalue weighted by Crippen LogP contribution is -2.28. The first kappa shape index (κ1) is 19.3. The molecule has 0 saturated carbocycles. The van der Waals surface area contributed by atoms with Gasteiger partial charge in [-0.2, -0.15) is 5.10 Å². The molecule has 3 aromatic rings. The van der Waals surface area contributed by atoms with Crippen molar-refractivity contribution in [1.29, 1.82) is 0 Å². The second-order valence-corrected chi connectivity index (χ2v) is 7.89. The van der Waals surface area contributed by atoms with Gasteiger partial charge in [-0.1, -0.05) is 6.07 Å². The summed E-state index contributed by atoms with van der Waals surface area (Å²) in [4.78, 5) is 28.7. The number of ether oxygens (including phenoxy) is 1. The van der Waals surface area contributed by atoms with Crippen LogP contribution < -0.4 is 10.6 Å². The standard InChI is InChI=1S/C23H23N5O3/c1-13-9-18-20(26-13)11-17-16-10-15(3-4-19(16)27-23(17)30)21-5-6-25-28(21)14(2)12-31-8-7-24-22(18)29/h3-6,9-11,14,26H,7-8,12H2,1-2H3,(H,24,29)(H,27,30)/b17-11-. The summed E-state index contributed by atoms with van der Waals surface area (Å²) in [6.07, 6.45) is 3.51. The van der Waals surface area contributed by atoms with Crippen LogP contribution in [0, 0.1) is 6.92 Å². The smallest absolute Gasteiger partial charge is 0.256 e. The van der Waals surface area contributed by atoms with Crippen molar-refractivity contribution in [3.05, 3.63) is 59.0 Å². The highest BCUT2D eigenvalue weighted by atomic mass is 16.5. The fourth-order valence-corrected chi connectivity index (χ4v) is 4.10. The zero-order valence-corrected chi connectivity index (χ0v) is 17.4. The summed E-state index contributed by atoms with van der Waals surface area (Å²) in [5.74, 6) is -0.399. The number of aromatic nitrogens is 3. The number of hydrogen-bond acceptors (Lipinski definition) is 4. The molecule has 1 aromatic carbocycles. The number of hydrogen-bond donors (Lipinski definition) is 3. The highest BCUT2D eigenvalue weighted by Gasteiger charge is 2.26. The lowest BCUT2D eigenvalue weighted by atomic mass is 10.0. The Balaban J connectivity index is 1.67. The molecule has 2 aliphatic heterocycles. The van der Waals surface area contributed by atoms with Crippen molar-refractivity contribution in [2.75, 3.05) is 25.1 Å².